The van der Waals surface area contributed by atoms with Crippen LogP contribution in [0.4, 0.5) is 0 Å². The fourth-order valence-corrected chi connectivity index (χ4v) is 8.22. The molecule has 0 saturated heterocycles. The Kier molecular flexibility index (Phi) is 11.1. The van der Waals surface area contributed by atoms with Gasteiger partial charge in [0, 0.05) is 52.3 Å². The highest BCUT2D eigenvalue weighted by molar-refractivity contribution is 5.60. The topological polar surface area (TPSA) is 125 Å². The molecule has 51 heavy (non-hydrogen) atoms. The first-order valence-corrected chi connectivity index (χ1v) is 18.9. The molecule has 0 bridgehead atoms. The van der Waals surface area contributed by atoms with Gasteiger partial charge in [0.25, 0.3) is 0 Å². The Labute approximate surface area is 300 Å². The van der Waals surface area contributed by atoms with Crippen molar-refractivity contribution in [3.05, 3.63) is 68.8 Å². The summed E-state index contributed by atoms with van der Waals surface area (Å²) in [4.78, 5) is 0. The lowest BCUT2D eigenvalue weighted by atomic mass is 9.90. The number of aliphatic hydroxyl groups is 1. The molecule has 0 saturated carbocycles. The maximum absolute atomic E-state index is 10.1. The molecule has 0 aliphatic carbocycles. The molecule has 0 amide bonds. The van der Waals surface area contributed by atoms with Crippen LogP contribution in [-0.4, -0.2) is 55.1 Å². The van der Waals surface area contributed by atoms with Crippen molar-refractivity contribution in [3.8, 4) is 34.5 Å². The molecular formula is C41H52O10. The standard InChI is InChI=1S/2C14H18O3.C13H16O4/c1-2-3-12-13-10(5-7-16-12)11(15)8-9-4-6-17-14(9)13;1-2-3-12-13-10(11(15)8-17-12)5-4-9-6-7-16-14(9)13;1-2-3-10-12-8(4-5-15-10)9(14)6-11-13(12)17-7-16-11/h8,12,15H,2-7H2,1H3;4-5,11-12,15H,2-3,6-8H2,1H3;6,10,14H,2-5,7H2,1H3/t12-;11-,12-;10-/m100/s1. The maximum atomic E-state index is 10.1. The Morgan fingerprint density at radius 1 is 0.588 bits per heavy atom. The van der Waals surface area contributed by atoms with Crippen LogP contribution in [-0.2, 0) is 39.9 Å². The van der Waals surface area contributed by atoms with Gasteiger partial charge in [0.2, 0.25) is 6.79 Å². The number of rotatable bonds is 6. The third kappa shape index (κ3) is 7.08. The molecule has 10 heteroatoms. The highest BCUT2D eigenvalue weighted by Gasteiger charge is 2.34. The highest BCUT2D eigenvalue weighted by atomic mass is 16.7. The van der Waals surface area contributed by atoms with Crippen LogP contribution in [0.1, 0.15) is 128 Å². The van der Waals surface area contributed by atoms with Crippen LogP contribution in [0.2, 0.25) is 0 Å². The Morgan fingerprint density at radius 2 is 1.16 bits per heavy atom. The Bertz CT molecular complexity index is 1610. The summed E-state index contributed by atoms with van der Waals surface area (Å²) in [5, 5.41) is 30.1. The number of phenols is 2. The zero-order valence-electron chi connectivity index (χ0n) is 30.1. The zero-order chi connectivity index (χ0) is 35.5. The first-order chi connectivity index (χ1) is 24.9. The third-order valence-electron chi connectivity index (χ3n) is 10.6. The van der Waals surface area contributed by atoms with E-state index in [0.29, 0.717) is 37.1 Å². The van der Waals surface area contributed by atoms with Gasteiger partial charge >= 0.3 is 0 Å². The molecular weight excluding hydrogens is 652 g/mol. The number of aliphatic hydroxyl groups excluding tert-OH is 1. The fraction of sp³-hybridized carbons (Fsp3) is 0.561. The van der Waals surface area contributed by atoms with Crippen molar-refractivity contribution in [2.24, 2.45) is 0 Å². The minimum absolute atomic E-state index is 0.0197. The van der Waals surface area contributed by atoms with Crippen molar-refractivity contribution < 1.29 is 48.5 Å². The summed E-state index contributed by atoms with van der Waals surface area (Å²) in [6.45, 7) is 9.89. The van der Waals surface area contributed by atoms with Crippen molar-refractivity contribution in [1.29, 1.82) is 0 Å². The number of fused-ring (bicyclic) bond motifs is 9. The van der Waals surface area contributed by atoms with Crippen LogP contribution >= 0.6 is 0 Å². The van der Waals surface area contributed by atoms with E-state index in [9.17, 15) is 15.3 Å². The van der Waals surface area contributed by atoms with Crippen molar-refractivity contribution in [3.63, 3.8) is 0 Å². The molecule has 276 valence electrons. The molecule has 0 unspecified atom stereocenters. The number of hydrogen-bond donors (Lipinski definition) is 3. The molecule has 6 aliphatic rings. The summed E-state index contributed by atoms with van der Waals surface area (Å²) in [6.07, 6.45) is 9.20. The van der Waals surface area contributed by atoms with Crippen LogP contribution in [0.5, 0.6) is 34.5 Å². The molecule has 6 aliphatic heterocycles. The summed E-state index contributed by atoms with van der Waals surface area (Å²) >= 11 is 0. The Hall–Kier alpha value is -3.70. The van der Waals surface area contributed by atoms with E-state index >= 15 is 0 Å². The second-order valence-electron chi connectivity index (χ2n) is 14.0. The lowest BCUT2D eigenvalue weighted by Gasteiger charge is -2.30. The van der Waals surface area contributed by atoms with Gasteiger partial charge in [0.15, 0.2) is 11.5 Å². The average Bonchev–Trinajstić information content (AvgIpc) is 3.92. The summed E-state index contributed by atoms with van der Waals surface area (Å²) in [5.41, 5.74) is 8.58. The number of benzene rings is 3. The smallest absolute Gasteiger partial charge is 0.231 e. The number of hydrogen-bond acceptors (Lipinski definition) is 10. The molecule has 6 heterocycles. The summed E-state index contributed by atoms with van der Waals surface area (Å²) < 4.78 is 39.7. The first-order valence-electron chi connectivity index (χ1n) is 18.9. The Balaban J connectivity index is 0.000000119. The molecule has 3 aromatic rings. The minimum Gasteiger partial charge on any atom is -0.508 e. The van der Waals surface area contributed by atoms with Crippen LogP contribution in [0.15, 0.2) is 24.3 Å². The lowest BCUT2D eigenvalue weighted by Crippen LogP contribution is -2.21. The van der Waals surface area contributed by atoms with Crippen LogP contribution in [0, 0.1) is 0 Å². The van der Waals surface area contributed by atoms with E-state index < -0.39 is 6.10 Å². The monoisotopic (exact) mass is 704 g/mol. The van der Waals surface area contributed by atoms with Gasteiger partial charge in [0.1, 0.15) is 29.1 Å². The van der Waals surface area contributed by atoms with Crippen molar-refractivity contribution in [2.45, 2.75) is 109 Å². The average molecular weight is 705 g/mol. The van der Waals surface area contributed by atoms with Gasteiger partial charge < -0.3 is 48.5 Å². The van der Waals surface area contributed by atoms with E-state index in [1.807, 2.05) is 12.1 Å². The van der Waals surface area contributed by atoms with Gasteiger partial charge in [-0.3, -0.25) is 0 Å². The molecule has 4 atom stereocenters. The van der Waals surface area contributed by atoms with E-state index in [1.54, 1.807) is 6.07 Å². The van der Waals surface area contributed by atoms with Gasteiger partial charge in [0.05, 0.1) is 51.3 Å². The van der Waals surface area contributed by atoms with Gasteiger partial charge in [-0.1, -0.05) is 52.2 Å². The molecule has 9 rings (SSSR count). The van der Waals surface area contributed by atoms with Crippen LogP contribution in [0.25, 0.3) is 0 Å². The molecule has 0 aromatic heterocycles. The van der Waals surface area contributed by atoms with E-state index in [4.69, 9.17) is 33.2 Å². The van der Waals surface area contributed by atoms with E-state index in [2.05, 4.69) is 26.8 Å². The van der Waals surface area contributed by atoms with Crippen LogP contribution < -0.4 is 18.9 Å². The SMILES string of the molecule is CCC[C@@H]1OCCc2c(O)cc3c(c21)OCO3.CCC[C@@H]1OC[C@H](O)c2ccc3c(c21)OCC3.CCC[C@H]1OCCc2c(O)cc3c(c21)OCC3. The largest absolute Gasteiger partial charge is 0.508 e. The zero-order valence-corrected chi connectivity index (χ0v) is 30.1. The quantitative estimate of drug-likeness (QED) is 0.234. The number of aromatic hydroxyl groups is 2. The van der Waals surface area contributed by atoms with Gasteiger partial charge in [-0.05, 0) is 49.3 Å². The maximum Gasteiger partial charge on any atom is 0.231 e. The molecule has 10 nitrogen and oxygen atoms in total. The number of ether oxygens (including phenoxy) is 7. The fourth-order valence-electron chi connectivity index (χ4n) is 8.22. The first kappa shape index (κ1) is 35.7. The van der Waals surface area contributed by atoms with Gasteiger partial charge in [-0.15, -0.1) is 0 Å². The minimum atomic E-state index is -0.507. The summed E-state index contributed by atoms with van der Waals surface area (Å²) in [5.74, 6) is 4.07. The number of phenolic OH excluding ortho intramolecular Hbond substituents is 2. The molecule has 3 N–H and O–H groups in total. The molecule has 0 spiro atoms. The predicted molar refractivity (Wildman–Crippen MR) is 190 cm³/mol. The Morgan fingerprint density at radius 3 is 1.80 bits per heavy atom. The summed E-state index contributed by atoms with van der Waals surface area (Å²) in [6, 6.07) is 7.64. The van der Waals surface area contributed by atoms with Crippen LogP contribution in [0.3, 0.4) is 0 Å². The molecule has 0 fully saturated rings. The third-order valence-corrected chi connectivity index (χ3v) is 10.6. The second-order valence-corrected chi connectivity index (χ2v) is 14.0. The van der Waals surface area contributed by atoms with Gasteiger partial charge in [-0.25, -0.2) is 0 Å². The van der Waals surface area contributed by atoms with E-state index in [0.717, 1.165) is 134 Å². The normalized spacial score (nSPS) is 23.1. The van der Waals surface area contributed by atoms with Crippen molar-refractivity contribution >= 4 is 0 Å². The van der Waals surface area contributed by atoms with Gasteiger partial charge in [-0.2, -0.15) is 0 Å². The van der Waals surface area contributed by atoms with Crippen molar-refractivity contribution in [1.82, 2.24) is 0 Å². The van der Waals surface area contributed by atoms with Crippen molar-refractivity contribution in [2.75, 3.05) is 39.8 Å². The van der Waals surface area contributed by atoms with E-state index in [-0.39, 0.29) is 25.1 Å². The molecule has 0 radical (unpaired) electrons. The predicted octanol–water partition coefficient (Wildman–Crippen LogP) is 7.80. The van der Waals surface area contributed by atoms with E-state index in [1.165, 1.54) is 5.56 Å². The second kappa shape index (κ2) is 15.9. The molecule has 3 aromatic carbocycles. The summed E-state index contributed by atoms with van der Waals surface area (Å²) in [7, 11) is 0. The highest BCUT2D eigenvalue weighted by Crippen LogP contribution is 2.49. The lowest BCUT2D eigenvalue weighted by molar-refractivity contribution is -0.0350.